The zero-order valence-corrected chi connectivity index (χ0v) is 10.1. The van der Waals surface area contributed by atoms with Crippen LogP contribution in [0.15, 0.2) is 17.0 Å². The van der Waals surface area contributed by atoms with Gasteiger partial charge in [0.15, 0.2) is 0 Å². The number of alkyl halides is 1. The zero-order valence-electron chi connectivity index (χ0n) is 7.79. The highest BCUT2D eigenvalue weighted by molar-refractivity contribution is 8.13. The van der Waals surface area contributed by atoms with Gasteiger partial charge in [0.2, 0.25) is 0 Å². The van der Waals surface area contributed by atoms with Crippen LogP contribution in [0.2, 0.25) is 0 Å². The van der Waals surface area contributed by atoms with Crippen LogP contribution in [0.5, 0.6) is 0 Å². The molecule has 0 bridgehead atoms. The lowest BCUT2D eigenvalue weighted by atomic mass is 10.0. The van der Waals surface area contributed by atoms with Crippen molar-refractivity contribution in [1.82, 2.24) is 0 Å². The van der Waals surface area contributed by atoms with Crippen molar-refractivity contribution >= 4 is 31.3 Å². The highest BCUT2D eigenvalue weighted by Gasteiger charge is 2.14. The molecular weight excluding hydrogens is 257 g/mol. The fourth-order valence-corrected chi connectivity index (χ4v) is 2.23. The maximum atomic E-state index is 11.1. The molecule has 0 spiro atoms. The Bertz CT molecular complexity index is 532. The highest BCUT2D eigenvalue weighted by Crippen LogP contribution is 2.23. The Balaban J connectivity index is 3.56. The van der Waals surface area contributed by atoms with Crippen molar-refractivity contribution in [3.8, 4) is 6.07 Å². The molecule has 0 amide bonds. The van der Waals surface area contributed by atoms with Gasteiger partial charge in [-0.2, -0.15) is 5.26 Å². The Labute approximate surface area is 97.7 Å². The number of halogens is 2. The summed E-state index contributed by atoms with van der Waals surface area (Å²) in [6.07, 6.45) is 0. The molecule has 6 heteroatoms. The minimum Gasteiger partial charge on any atom is -0.207 e. The third kappa shape index (κ3) is 2.63. The molecule has 0 aliphatic rings. The van der Waals surface area contributed by atoms with Crippen LogP contribution in [0.3, 0.4) is 0 Å². The molecule has 0 N–H and O–H groups in total. The molecule has 1 rings (SSSR count). The molecule has 0 saturated heterocycles. The zero-order chi connectivity index (χ0) is 11.6. The van der Waals surface area contributed by atoms with Gasteiger partial charge < -0.3 is 0 Å². The van der Waals surface area contributed by atoms with E-state index in [1.165, 1.54) is 12.1 Å². The second-order valence-electron chi connectivity index (χ2n) is 2.94. The van der Waals surface area contributed by atoms with Crippen molar-refractivity contribution in [3.05, 3.63) is 28.8 Å². The third-order valence-corrected chi connectivity index (χ3v) is 3.66. The molecule has 0 unspecified atom stereocenters. The van der Waals surface area contributed by atoms with Crippen molar-refractivity contribution in [2.24, 2.45) is 0 Å². The largest absolute Gasteiger partial charge is 0.261 e. The van der Waals surface area contributed by atoms with E-state index in [4.69, 9.17) is 27.5 Å². The lowest BCUT2D eigenvalue weighted by molar-refractivity contribution is 0.609. The molecule has 0 aliphatic heterocycles. The van der Waals surface area contributed by atoms with Gasteiger partial charge in [0.05, 0.1) is 16.5 Å². The van der Waals surface area contributed by atoms with E-state index in [2.05, 4.69) is 0 Å². The van der Waals surface area contributed by atoms with E-state index in [0.29, 0.717) is 11.1 Å². The van der Waals surface area contributed by atoms with Crippen LogP contribution >= 0.6 is 22.3 Å². The fraction of sp³-hybridized carbons (Fsp3) is 0.222. The standard InChI is InChI=1S/C9H7Cl2NO2S/c1-6-7(4-10)2-9(15(11,13)14)3-8(6)5-12/h2-3H,4H2,1H3. The van der Waals surface area contributed by atoms with Gasteiger partial charge in [0.25, 0.3) is 9.05 Å². The molecule has 0 saturated carbocycles. The van der Waals surface area contributed by atoms with E-state index in [1.807, 2.05) is 6.07 Å². The van der Waals surface area contributed by atoms with Crippen molar-refractivity contribution in [2.45, 2.75) is 17.7 Å². The van der Waals surface area contributed by atoms with Gasteiger partial charge in [-0.1, -0.05) is 0 Å². The van der Waals surface area contributed by atoms with E-state index in [1.54, 1.807) is 6.92 Å². The second-order valence-corrected chi connectivity index (χ2v) is 5.77. The Hall–Kier alpha value is -0.760. The summed E-state index contributed by atoms with van der Waals surface area (Å²) in [5.74, 6) is 0.140. The topological polar surface area (TPSA) is 57.9 Å². The van der Waals surface area contributed by atoms with Crippen LogP contribution < -0.4 is 0 Å². The molecule has 1 aromatic rings. The fourth-order valence-electron chi connectivity index (χ4n) is 1.14. The summed E-state index contributed by atoms with van der Waals surface area (Å²) in [6, 6.07) is 4.52. The van der Waals surface area contributed by atoms with Crippen LogP contribution in [0.25, 0.3) is 0 Å². The number of hydrogen-bond donors (Lipinski definition) is 0. The van der Waals surface area contributed by atoms with Crippen LogP contribution in [-0.2, 0) is 14.9 Å². The number of benzene rings is 1. The number of nitrogens with zero attached hydrogens (tertiary/aromatic N) is 1. The maximum absolute atomic E-state index is 11.1. The Morgan fingerprint density at radius 2 is 2.07 bits per heavy atom. The summed E-state index contributed by atoms with van der Waals surface area (Å²) in [6.45, 7) is 1.71. The van der Waals surface area contributed by atoms with Crippen molar-refractivity contribution in [2.75, 3.05) is 0 Å². The van der Waals surface area contributed by atoms with Gasteiger partial charge in [0.1, 0.15) is 0 Å². The summed E-state index contributed by atoms with van der Waals surface area (Å²) in [7, 11) is 1.37. The molecule has 0 radical (unpaired) electrons. The minimum atomic E-state index is -3.82. The molecule has 15 heavy (non-hydrogen) atoms. The number of hydrogen-bond acceptors (Lipinski definition) is 3. The SMILES string of the molecule is Cc1c(C#N)cc(S(=O)(=O)Cl)cc1CCl. The van der Waals surface area contributed by atoms with E-state index < -0.39 is 9.05 Å². The first-order chi connectivity index (χ1) is 6.90. The molecule has 80 valence electrons. The normalized spacial score (nSPS) is 11.1. The number of nitriles is 1. The van der Waals surface area contributed by atoms with E-state index >= 15 is 0 Å². The lowest BCUT2D eigenvalue weighted by Gasteiger charge is -2.06. The Morgan fingerprint density at radius 3 is 2.47 bits per heavy atom. The van der Waals surface area contributed by atoms with Crippen LogP contribution in [0.4, 0.5) is 0 Å². The average molecular weight is 264 g/mol. The van der Waals surface area contributed by atoms with Crippen LogP contribution in [0, 0.1) is 18.3 Å². The van der Waals surface area contributed by atoms with E-state index in [0.717, 1.165) is 0 Å². The van der Waals surface area contributed by atoms with E-state index in [9.17, 15) is 8.42 Å². The molecule has 1 aromatic carbocycles. The predicted octanol–water partition coefficient (Wildman–Crippen LogP) is 2.53. The Morgan fingerprint density at radius 1 is 1.47 bits per heavy atom. The maximum Gasteiger partial charge on any atom is 0.261 e. The summed E-state index contributed by atoms with van der Waals surface area (Å²) < 4.78 is 22.2. The van der Waals surface area contributed by atoms with E-state index in [-0.39, 0.29) is 16.3 Å². The van der Waals surface area contributed by atoms with Gasteiger partial charge in [-0.05, 0) is 30.2 Å². The molecule has 0 aliphatic carbocycles. The molecule has 0 heterocycles. The quantitative estimate of drug-likeness (QED) is 0.609. The van der Waals surface area contributed by atoms with Crippen LogP contribution in [0.1, 0.15) is 16.7 Å². The first kappa shape index (κ1) is 12.3. The monoisotopic (exact) mass is 263 g/mol. The summed E-state index contributed by atoms with van der Waals surface area (Å²) in [5.41, 5.74) is 1.54. The predicted molar refractivity (Wildman–Crippen MR) is 58.5 cm³/mol. The molecule has 3 nitrogen and oxygen atoms in total. The second kappa shape index (κ2) is 4.40. The van der Waals surface area contributed by atoms with Gasteiger partial charge in [-0.25, -0.2) is 8.42 Å². The smallest absolute Gasteiger partial charge is 0.207 e. The van der Waals surface area contributed by atoms with Crippen molar-refractivity contribution < 1.29 is 8.42 Å². The Kier molecular flexibility index (Phi) is 3.61. The summed E-state index contributed by atoms with van der Waals surface area (Å²) in [5, 5.41) is 8.80. The molecule has 0 aromatic heterocycles. The number of rotatable bonds is 2. The van der Waals surface area contributed by atoms with Gasteiger partial charge >= 0.3 is 0 Å². The van der Waals surface area contributed by atoms with Crippen LogP contribution in [-0.4, -0.2) is 8.42 Å². The minimum absolute atomic E-state index is 0.0954. The lowest BCUT2D eigenvalue weighted by Crippen LogP contribution is -1.97. The first-order valence-electron chi connectivity index (χ1n) is 3.94. The average Bonchev–Trinajstić information content (AvgIpc) is 2.16. The molecule has 0 atom stereocenters. The molecular formula is C9H7Cl2NO2S. The third-order valence-electron chi connectivity index (χ3n) is 2.03. The van der Waals surface area contributed by atoms with Crippen molar-refractivity contribution in [3.63, 3.8) is 0 Å². The van der Waals surface area contributed by atoms with Gasteiger partial charge in [-0.3, -0.25) is 0 Å². The first-order valence-corrected chi connectivity index (χ1v) is 6.78. The highest BCUT2D eigenvalue weighted by atomic mass is 35.7. The van der Waals surface area contributed by atoms with Gasteiger partial charge in [0, 0.05) is 16.6 Å². The summed E-state index contributed by atoms with van der Waals surface area (Å²) in [4.78, 5) is -0.0954. The van der Waals surface area contributed by atoms with Crippen molar-refractivity contribution in [1.29, 1.82) is 5.26 Å². The molecule has 0 fully saturated rings. The van der Waals surface area contributed by atoms with Gasteiger partial charge in [-0.15, -0.1) is 11.6 Å². The summed E-state index contributed by atoms with van der Waals surface area (Å²) >= 11 is 5.64.